The third-order valence-corrected chi connectivity index (χ3v) is 2.81. The molecule has 0 fully saturated rings. The zero-order chi connectivity index (χ0) is 15.2. The van der Waals surface area contributed by atoms with E-state index in [0.29, 0.717) is 12.2 Å². The first-order valence-electron chi connectivity index (χ1n) is 6.21. The summed E-state index contributed by atoms with van der Waals surface area (Å²) in [6.45, 7) is 0.584. The van der Waals surface area contributed by atoms with Crippen molar-refractivity contribution in [1.82, 2.24) is 25.4 Å². The second-order valence-electron chi connectivity index (χ2n) is 4.46. The van der Waals surface area contributed by atoms with Crippen molar-refractivity contribution < 1.29 is 14.7 Å². The van der Waals surface area contributed by atoms with E-state index in [2.05, 4.69) is 20.5 Å². The van der Waals surface area contributed by atoms with Crippen LogP contribution in [0.15, 0.2) is 30.7 Å². The Labute approximate surface area is 120 Å². The normalized spacial score (nSPS) is 10.1. The SMILES string of the molecule is CN(Cc1cn[nH]c1)C(=O)NCc1cc(C(=O)O)ccn1. The highest BCUT2D eigenvalue weighted by atomic mass is 16.4. The fourth-order valence-corrected chi connectivity index (χ4v) is 1.72. The third kappa shape index (κ3) is 4.03. The summed E-state index contributed by atoms with van der Waals surface area (Å²) in [5.74, 6) is -1.03. The van der Waals surface area contributed by atoms with Crippen LogP contribution in [0.3, 0.4) is 0 Å². The largest absolute Gasteiger partial charge is 0.478 e. The Balaban J connectivity index is 1.88. The maximum atomic E-state index is 11.9. The Hall–Kier alpha value is -2.90. The minimum Gasteiger partial charge on any atom is -0.478 e. The van der Waals surface area contributed by atoms with Crippen LogP contribution in [0.1, 0.15) is 21.6 Å². The molecule has 3 N–H and O–H groups in total. The third-order valence-electron chi connectivity index (χ3n) is 2.81. The first kappa shape index (κ1) is 14.5. The number of amides is 2. The number of pyridine rings is 1. The maximum Gasteiger partial charge on any atom is 0.335 e. The first-order valence-corrected chi connectivity index (χ1v) is 6.21. The van der Waals surface area contributed by atoms with Crippen LogP contribution >= 0.6 is 0 Å². The van der Waals surface area contributed by atoms with Crippen LogP contribution in [0, 0.1) is 0 Å². The van der Waals surface area contributed by atoms with Gasteiger partial charge < -0.3 is 15.3 Å². The number of carbonyl (C=O) groups excluding carboxylic acids is 1. The van der Waals surface area contributed by atoms with Crippen LogP contribution in [0.5, 0.6) is 0 Å². The Kier molecular flexibility index (Phi) is 4.50. The van der Waals surface area contributed by atoms with Crippen molar-refractivity contribution in [1.29, 1.82) is 0 Å². The number of carboxylic acid groups (broad SMARTS) is 1. The highest BCUT2D eigenvalue weighted by Gasteiger charge is 2.10. The molecule has 0 unspecified atom stereocenters. The van der Waals surface area contributed by atoms with Gasteiger partial charge in [-0.15, -0.1) is 0 Å². The summed E-state index contributed by atoms with van der Waals surface area (Å²) in [7, 11) is 1.66. The fourth-order valence-electron chi connectivity index (χ4n) is 1.72. The molecule has 0 aliphatic rings. The van der Waals surface area contributed by atoms with Gasteiger partial charge in [-0.05, 0) is 12.1 Å². The molecule has 0 bridgehead atoms. The van der Waals surface area contributed by atoms with Crippen LogP contribution in [0.4, 0.5) is 4.79 Å². The number of aromatic carboxylic acids is 1. The molecule has 8 heteroatoms. The molecule has 0 spiro atoms. The quantitative estimate of drug-likeness (QED) is 0.755. The van der Waals surface area contributed by atoms with Gasteiger partial charge in [-0.3, -0.25) is 10.1 Å². The number of H-pyrrole nitrogens is 1. The molecule has 0 atom stereocenters. The number of carbonyl (C=O) groups is 2. The van der Waals surface area contributed by atoms with Gasteiger partial charge in [0.15, 0.2) is 0 Å². The molecular formula is C13H15N5O3. The van der Waals surface area contributed by atoms with E-state index in [1.807, 2.05) is 0 Å². The van der Waals surface area contributed by atoms with Gasteiger partial charge in [0.2, 0.25) is 0 Å². The molecule has 110 valence electrons. The number of urea groups is 1. The summed E-state index contributed by atoms with van der Waals surface area (Å²) >= 11 is 0. The van der Waals surface area contributed by atoms with Crippen molar-refractivity contribution in [3.05, 3.63) is 47.5 Å². The lowest BCUT2D eigenvalue weighted by Crippen LogP contribution is -2.36. The van der Waals surface area contributed by atoms with Crippen molar-refractivity contribution in [2.24, 2.45) is 0 Å². The van der Waals surface area contributed by atoms with E-state index in [0.717, 1.165) is 5.56 Å². The van der Waals surface area contributed by atoms with E-state index in [4.69, 9.17) is 5.11 Å². The van der Waals surface area contributed by atoms with Crippen LogP contribution in [-0.2, 0) is 13.1 Å². The van der Waals surface area contributed by atoms with Crippen molar-refractivity contribution in [2.75, 3.05) is 7.05 Å². The number of aromatic amines is 1. The lowest BCUT2D eigenvalue weighted by Gasteiger charge is -2.16. The van der Waals surface area contributed by atoms with E-state index in [9.17, 15) is 9.59 Å². The monoisotopic (exact) mass is 289 g/mol. The molecule has 2 rings (SSSR count). The lowest BCUT2D eigenvalue weighted by atomic mass is 10.2. The highest BCUT2D eigenvalue weighted by Crippen LogP contribution is 2.03. The number of rotatable bonds is 5. The van der Waals surface area contributed by atoms with Gasteiger partial charge in [-0.2, -0.15) is 5.10 Å². The predicted molar refractivity (Wildman–Crippen MR) is 73.5 cm³/mol. The second kappa shape index (κ2) is 6.51. The van der Waals surface area contributed by atoms with Crippen molar-refractivity contribution in [3.63, 3.8) is 0 Å². The molecule has 2 aromatic heterocycles. The molecule has 21 heavy (non-hydrogen) atoms. The van der Waals surface area contributed by atoms with Gasteiger partial charge in [0, 0.05) is 25.0 Å². The first-order chi connectivity index (χ1) is 10.1. The van der Waals surface area contributed by atoms with Crippen LogP contribution in [0.25, 0.3) is 0 Å². The molecule has 0 aromatic carbocycles. The lowest BCUT2D eigenvalue weighted by molar-refractivity contribution is 0.0696. The number of hydrogen-bond acceptors (Lipinski definition) is 4. The van der Waals surface area contributed by atoms with Crippen LogP contribution in [-0.4, -0.2) is 44.2 Å². The van der Waals surface area contributed by atoms with E-state index in [1.165, 1.54) is 23.2 Å². The van der Waals surface area contributed by atoms with Gasteiger partial charge in [0.1, 0.15) is 0 Å². The molecule has 0 aliphatic carbocycles. The summed E-state index contributed by atoms with van der Waals surface area (Å²) in [6.07, 6.45) is 4.75. The minimum absolute atomic E-state index is 0.140. The molecule has 0 saturated carbocycles. The van der Waals surface area contributed by atoms with Gasteiger partial charge >= 0.3 is 12.0 Å². The Morgan fingerprint density at radius 2 is 2.29 bits per heavy atom. The van der Waals surface area contributed by atoms with E-state index in [-0.39, 0.29) is 18.1 Å². The minimum atomic E-state index is -1.03. The van der Waals surface area contributed by atoms with E-state index in [1.54, 1.807) is 19.4 Å². The number of hydrogen-bond donors (Lipinski definition) is 3. The van der Waals surface area contributed by atoms with Gasteiger partial charge in [0.05, 0.1) is 30.5 Å². The molecular weight excluding hydrogens is 274 g/mol. The van der Waals surface area contributed by atoms with E-state index < -0.39 is 5.97 Å². The van der Waals surface area contributed by atoms with Crippen molar-refractivity contribution in [3.8, 4) is 0 Å². The zero-order valence-corrected chi connectivity index (χ0v) is 11.4. The van der Waals surface area contributed by atoms with Gasteiger partial charge in [0.25, 0.3) is 0 Å². The average Bonchev–Trinajstić information content (AvgIpc) is 2.97. The second-order valence-corrected chi connectivity index (χ2v) is 4.46. The molecule has 2 aromatic rings. The number of aromatic nitrogens is 3. The van der Waals surface area contributed by atoms with Gasteiger partial charge in [-0.25, -0.2) is 9.59 Å². The van der Waals surface area contributed by atoms with E-state index >= 15 is 0 Å². The molecule has 0 saturated heterocycles. The van der Waals surface area contributed by atoms with Crippen molar-refractivity contribution >= 4 is 12.0 Å². The van der Waals surface area contributed by atoms with Crippen LogP contribution < -0.4 is 5.32 Å². The predicted octanol–water partition coefficient (Wildman–Crippen LogP) is 0.844. The Morgan fingerprint density at radius 1 is 1.48 bits per heavy atom. The fraction of sp³-hybridized carbons (Fsp3) is 0.231. The molecule has 8 nitrogen and oxygen atoms in total. The Morgan fingerprint density at radius 3 is 2.95 bits per heavy atom. The van der Waals surface area contributed by atoms with Crippen molar-refractivity contribution in [2.45, 2.75) is 13.1 Å². The standard InChI is InChI=1S/C13H15N5O3/c1-18(8-9-5-16-17-6-9)13(21)15-7-11-4-10(12(19)20)2-3-14-11/h2-6H,7-8H2,1H3,(H,15,21)(H,16,17)(H,19,20). The average molecular weight is 289 g/mol. The molecule has 2 amide bonds. The summed E-state index contributed by atoms with van der Waals surface area (Å²) in [4.78, 5) is 28.3. The molecule has 0 aliphatic heterocycles. The maximum absolute atomic E-state index is 11.9. The topological polar surface area (TPSA) is 111 Å². The summed E-state index contributed by atoms with van der Waals surface area (Å²) in [5, 5.41) is 18.0. The zero-order valence-electron chi connectivity index (χ0n) is 11.4. The summed E-state index contributed by atoms with van der Waals surface area (Å²) in [5.41, 5.74) is 1.51. The Bertz CT molecular complexity index is 626. The summed E-state index contributed by atoms with van der Waals surface area (Å²) in [6, 6.07) is 2.55. The molecule has 0 radical (unpaired) electrons. The van der Waals surface area contributed by atoms with Gasteiger partial charge in [-0.1, -0.05) is 0 Å². The number of nitrogens with zero attached hydrogens (tertiary/aromatic N) is 3. The molecule has 2 heterocycles. The smallest absolute Gasteiger partial charge is 0.335 e. The highest BCUT2D eigenvalue weighted by molar-refractivity contribution is 5.87. The number of nitrogens with one attached hydrogen (secondary N) is 2. The summed E-state index contributed by atoms with van der Waals surface area (Å²) < 4.78 is 0. The van der Waals surface area contributed by atoms with Crippen LogP contribution in [0.2, 0.25) is 0 Å². The number of carboxylic acids is 1.